The van der Waals surface area contributed by atoms with E-state index in [9.17, 15) is 19.7 Å². The van der Waals surface area contributed by atoms with Gasteiger partial charge >= 0.3 is 0 Å². The largest absolute Gasteiger partial charge is 0.329 e. The molecule has 0 atom stereocenters. The molecule has 0 saturated carbocycles. The number of aryl methyl sites for hydroxylation is 2. The van der Waals surface area contributed by atoms with Crippen molar-refractivity contribution in [3.63, 3.8) is 0 Å². The highest BCUT2D eigenvalue weighted by molar-refractivity contribution is 5.99. The van der Waals surface area contributed by atoms with Gasteiger partial charge in [0.25, 0.3) is 11.6 Å². The molecule has 0 unspecified atom stereocenters. The van der Waals surface area contributed by atoms with Gasteiger partial charge in [-0.15, -0.1) is 0 Å². The summed E-state index contributed by atoms with van der Waals surface area (Å²) in [5.74, 6) is -0.374. The summed E-state index contributed by atoms with van der Waals surface area (Å²) >= 11 is 0. The number of carbonyl (C=O) groups excluding carboxylic acids is 2. The summed E-state index contributed by atoms with van der Waals surface area (Å²) in [5.41, 5.74) is 4.51. The van der Waals surface area contributed by atoms with Crippen LogP contribution in [0.3, 0.4) is 0 Å². The van der Waals surface area contributed by atoms with Gasteiger partial charge in [0, 0.05) is 35.9 Å². The SMILES string of the molecule is CCCN(CC(=O)Nc1cc(-c2ccccc2)nn1-c1ccc(C)cc1C)C(=O)c1cccc([N+](=O)[O-])c1. The van der Waals surface area contributed by atoms with Crippen LogP contribution in [0.1, 0.15) is 34.8 Å². The Hall–Kier alpha value is -4.79. The molecule has 0 aliphatic carbocycles. The number of hydrogen-bond donors (Lipinski definition) is 1. The van der Waals surface area contributed by atoms with Crippen molar-refractivity contribution in [3.8, 4) is 16.9 Å². The van der Waals surface area contributed by atoms with Crippen LogP contribution in [0.2, 0.25) is 0 Å². The van der Waals surface area contributed by atoms with Crippen LogP contribution in [0.5, 0.6) is 0 Å². The lowest BCUT2D eigenvalue weighted by Crippen LogP contribution is -2.38. The van der Waals surface area contributed by atoms with Crippen molar-refractivity contribution in [2.75, 3.05) is 18.4 Å². The number of benzene rings is 3. The van der Waals surface area contributed by atoms with Gasteiger partial charge in [-0.05, 0) is 38.0 Å². The molecule has 4 rings (SSSR count). The fraction of sp³-hybridized carbons (Fsp3) is 0.207. The number of non-ortho nitro benzene ring substituents is 1. The van der Waals surface area contributed by atoms with Gasteiger partial charge < -0.3 is 10.2 Å². The molecule has 0 aliphatic rings. The van der Waals surface area contributed by atoms with Crippen LogP contribution in [0.4, 0.5) is 11.5 Å². The molecule has 0 bridgehead atoms. The Morgan fingerprint density at radius 3 is 2.45 bits per heavy atom. The van der Waals surface area contributed by atoms with Crippen molar-refractivity contribution in [1.29, 1.82) is 0 Å². The molecule has 0 spiro atoms. The first-order valence-electron chi connectivity index (χ1n) is 12.3. The van der Waals surface area contributed by atoms with Gasteiger partial charge in [0.1, 0.15) is 12.4 Å². The van der Waals surface area contributed by atoms with Crippen LogP contribution in [0.25, 0.3) is 16.9 Å². The molecule has 1 N–H and O–H groups in total. The molecule has 3 aromatic carbocycles. The fourth-order valence-corrected chi connectivity index (χ4v) is 4.26. The zero-order valence-electron chi connectivity index (χ0n) is 21.5. The lowest BCUT2D eigenvalue weighted by molar-refractivity contribution is -0.384. The van der Waals surface area contributed by atoms with Gasteiger partial charge in [0.2, 0.25) is 5.91 Å². The van der Waals surface area contributed by atoms with Crippen molar-refractivity contribution >= 4 is 23.3 Å². The third-order valence-electron chi connectivity index (χ3n) is 6.05. The van der Waals surface area contributed by atoms with E-state index in [1.807, 2.05) is 69.3 Å². The number of aromatic nitrogens is 2. The van der Waals surface area contributed by atoms with Gasteiger partial charge in [-0.2, -0.15) is 5.10 Å². The highest BCUT2D eigenvalue weighted by Gasteiger charge is 2.22. The Bertz CT molecular complexity index is 1480. The van der Waals surface area contributed by atoms with Crippen molar-refractivity contribution in [1.82, 2.24) is 14.7 Å². The summed E-state index contributed by atoms with van der Waals surface area (Å²) in [7, 11) is 0. The van der Waals surface area contributed by atoms with Crippen molar-refractivity contribution < 1.29 is 14.5 Å². The van der Waals surface area contributed by atoms with Crippen LogP contribution in [-0.4, -0.2) is 44.5 Å². The highest BCUT2D eigenvalue weighted by atomic mass is 16.6. The normalized spacial score (nSPS) is 10.7. The van der Waals surface area contributed by atoms with Gasteiger partial charge in [0.05, 0.1) is 16.3 Å². The van der Waals surface area contributed by atoms with Crippen LogP contribution in [0, 0.1) is 24.0 Å². The Labute approximate surface area is 220 Å². The minimum absolute atomic E-state index is 0.159. The van der Waals surface area contributed by atoms with Gasteiger partial charge in [0.15, 0.2) is 0 Å². The molecule has 2 amide bonds. The molecule has 0 fully saturated rings. The first-order chi connectivity index (χ1) is 18.3. The predicted molar refractivity (Wildman–Crippen MR) is 146 cm³/mol. The summed E-state index contributed by atoms with van der Waals surface area (Å²) in [6.07, 6.45) is 0.618. The van der Waals surface area contributed by atoms with E-state index in [0.717, 1.165) is 22.4 Å². The zero-order valence-corrected chi connectivity index (χ0v) is 21.5. The number of nitrogens with one attached hydrogen (secondary N) is 1. The highest BCUT2D eigenvalue weighted by Crippen LogP contribution is 2.27. The van der Waals surface area contributed by atoms with E-state index in [2.05, 4.69) is 5.32 Å². The van der Waals surface area contributed by atoms with Crippen LogP contribution >= 0.6 is 0 Å². The first kappa shape index (κ1) is 26.3. The average molecular weight is 512 g/mol. The smallest absolute Gasteiger partial charge is 0.270 e. The minimum atomic E-state index is -0.549. The fourth-order valence-electron chi connectivity index (χ4n) is 4.26. The molecule has 9 heteroatoms. The van der Waals surface area contributed by atoms with Crippen LogP contribution in [0.15, 0.2) is 78.9 Å². The third-order valence-corrected chi connectivity index (χ3v) is 6.05. The van der Waals surface area contributed by atoms with E-state index in [0.29, 0.717) is 24.5 Å². The molecule has 0 aliphatic heterocycles. The van der Waals surface area contributed by atoms with Crippen LogP contribution < -0.4 is 5.32 Å². The van der Waals surface area contributed by atoms with E-state index in [4.69, 9.17) is 5.10 Å². The maximum atomic E-state index is 13.2. The molecule has 0 radical (unpaired) electrons. The molecule has 1 aromatic heterocycles. The molecule has 38 heavy (non-hydrogen) atoms. The predicted octanol–water partition coefficient (Wildman–Crippen LogP) is 5.56. The number of nitro groups is 1. The van der Waals surface area contributed by atoms with Gasteiger partial charge in [-0.25, -0.2) is 4.68 Å². The number of nitro benzene ring substituents is 1. The van der Waals surface area contributed by atoms with E-state index in [1.165, 1.54) is 29.2 Å². The number of hydrogen-bond acceptors (Lipinski definition) is 5. The van der Waals surface area contributed by atoms with Crippen molar-refractivity contribution in [2.24, 2.45) is 0 Å². The van der Waals surface area contributed by atoms with Gasteiger partial charge in [-0.1, -0.05) is 61.0 Å². The number of amides is 2. The molecule has 0 saturated heterocycles. The Balaban J connectivity index is 1.62. The second kappa shape index (κ2) is 11.5. The lowest BCUT2D eigenvalue weighted by Gasteiger charge is -2.22. The number of nitrogens with zero attached hydrogens (tertiary/aromatic N) is 4. The van der Waals surface area contributed by atoms with Crippen molar-refractivity contribution in [3.05, 3.63) is 106 Å². The lowest BCUT2D eigenvalue weighted by atomic mass is 10.1. The Morgan fingerprint density at radius 1 is 1.00 bits per heavy atom. The van der Waals surface area contributed by atoms with Gasteiger partial charge in [-0.3, -0.25) is 19.7 Å². The maximum Gasteiger partial charge on any atom is 0.270 e. The Morgan fingerprint density at radius 2 is 1.76 bits per heavy atom. The average Bonchev–Trinajstić information content (AvgIpc) is 3.31. The monoisotopic (exact) mass is 511 g/mol. The summed E-state index contributed by atoms with van der Waals surface area (Å²) in [5, 5.41) is 18.9. The molecule has 9 nitrogen and oxygen atoms in total. The maximum absolute atomic E-state index is 13.2. The molecular formula is C29H29N5O4. The summed E-state index contributed by atoms with van der Waals surface area (Å²) in [6.45, 7) is 6.00. The first-order valence-corrected chi connectivity index (χ1v) is 12.3. The van der Waals surface area contributed by atoms with E-state index in [-0.39, 0.29) is 17.8 Å². The zero-order chi connectivity index (χ0) is 27.2. The molecule has 4 aromatic rings. The van der Waals surface area contributed by atoms with Crippen molar-refractivity contribution in [2.45, 2.75) is 27.2 Å². The van der Waals surface area contributed by atoms with E-state index < -0.39 is 16.7 Å². The summed E-state index contributed by atoms with van der Waals surface area (Å²) < 4.78 is 1.70. The van der Waals surface area contributed by atoms with E-state index in [1.54, 1.807) is 10.7 Å². The molecule has 1 heterocycles. The second-order valence-electron chi connectivity index (χ2n) is 9.06. The Kier molecular flexibility index (Phi) is 7.96. The molecular weight excluding hydrogens is 482 g/mol. The topological polar surface area (TPSA) is 110 Å². The summed E-state index contributed by atoms with van der Waals surface area (Å²) in [4.78, 5) is 38.4. The minimum Gasteiger partial charge on any atom is -0.329 e. The molecule has 194 valence electrons. The number of carbonyl (C=O) groups is 2. The summed E-state index contributed by atoms with van der Waals surface area (Å²) in [6, 6.07) is 23.0. The second-order valence-corrected chi connectivity index (χ2v) is 9.06. The number of rotatable bonds is 9. The standard InChI is InChI=1S/C29H29N5O4/c1-4-15-32(29(36)23-11-8-12-24(17-23)34(37)38)19-28(35)30-27-18-25(22-9-6-5-7-10-22)31-33(27)26-14-13-20(2)16-21(26)3/h5-14,16-18H,4,15,19H2,1-3H3,(H,30,35). The van der Waals surface area contributed by atoms with E-state index >= 15 is 0 Å². The number of anilines is 1. The van der Waals surface area contributed by atoms with Crippen LogP contribution in [-0.2, 0) is 4.79 Å². The third kappa shape index (κ3) is 5.95. The quantitative estimate of drug-likeness (QED) is 0.234.